The number of halogens is 2. The summed E-state index contributed by atoms with van der Waals surface area (Å²) < 4.78 is 58.5. The second-order valence-electron chi connectivity index (χ2n) is 35.5. The van der Waals surface area contributed by atoms with Gasteiger partial charge in [0.1, 0.15) is 67.0 Å². The van der Waals surface area contributed by atoms with Crippen LogP contribution in [0.25, 0.3) is 0 Å². The van der Waals surface area contributed by atoms with Gasteiger partial charge < -0.3 is 145 Å². The van der Waals surface area contributed by atoms with Crippen molar-refractivity contribution in [3.63, 3.8) is 0 Å². The molecular formula is C81H147I2N3O33. The van der Waals surface area contributed by atoms with E-state index in [2.05, 4.69) is 0 Å². The Kier molecular flexibility index (Phi) is 71.1. The number of quaternary nitrogens is 2. The Bertz CT molecular complexity index is 2970. The summed E-state index contributed by atoms with van der Waals surface area (Å²) in [5.41, 5.74) is -3.24. The summed E-state index contributed by atoms with van der Waals surface area (Å²) in [6.07, 6.45) is 0.825. The van der Waals surface area contributed by atoms with Crippen molar-refractivity contribution in [1.29, 1.82) is 0 Å². The minimum absolute atomic E-state index is 0. The molecule has 0 saturated carbocycles. The van der Waals surface area contributed by atoms with Gasteiger partial charge in [0, 0.05) is 109 Å². The fourth-order valence-corrected chi connectivity index (χ4v) is 8.52. The quantitative estimate of drug-likeness (QED) is 0.0219. The Morgan fingerprint density at radius 2 is 0.420 bits per heavy atom. The van der Waals surface area contributed by atoms with Gasteiger partial charge in [-0.15, -0.1) is 0 Å². The average molecular weight is 1940 g/mol. The molecule has 0 radical (unpaired) electrons. The summed E-state index contributed by atoms with van der Waals surface area (Å²) in [6, 6.07) is 0. The van der Waals surface area contributed by atoms with Crippen molar-refractivity contribution in [1.82, 2.24) is 4.90 Å². The molecule has 6 N–H and O–H groups in total. The summed E-state index contributed by atoms with van der Waals surface area (Å²) >= 11 is 0. The highest BCUT2D eigenvalue weighted by molar-refractivity contribution is 5.77. The van der Waals surface area contributed by atoms with Gasteiger partial charge in [-0.25, -0.2) is 0 Å². The van der Waals surface area contributed by atoms with Crippen LogP contribution in [0.2, 0.25) is 0 Å². The van der Waals surface area contributed by atoms with Crippen LogP contribution in [-0.2, 0) is 129 Å². The Hall–Kier alpha value is -7.18. The first-order valence-corrected chi connectivity index (χ1v) is 39.1. The molecule has 3 atom stereocenters. The molecule has 0 heterocycles. The van der Waals surface area contributed by atoms with Gasteiger partial charge in [0.25, 0.3) is 0 Å². The molecular weight excluding hydrogens is 1800 g/mol. The van der Waals surface area contributed by atoms with Crippen molar-refractivity contribution in [2.24, 2.45) is 0 Å². The molecule has 0 aromatic heterocycles. The summed E-state index contributed by atoms with van der Waals surface area (Å²) in [4.78, 5) is 182. The zero-order valence-corrected chi connectivity index (χ0v) is 80.1. The molecule has 0 amide bonds. The van der Waals surface area contributed by atoms with E-state index >= 15 is 0 Å². The van der Waals surface area contributed by atoms with Crippen LogP contribution in [0.4, 0.5) is 0 Å². The van der Waals surface area contributed by atoms with Gasteiger partial charge in [0.15, 0.2) is 12.2 Å². The van der Waals surface area contributed by atoms with Crippen LogP contribution in [0, 0.1) is 0 Å². The molecule has 0 bridgehead atoms. The van der Waals surface area contributed by atoms with Crippen LogP contribution < -0.4 is 48.0 Å². The van der Waals surface area contributed by atoms with E-state index in [1.165, 1.54) is 0 Å². The smallest absolute Gasteiger partial charge is 0.306 e. The number of carboxylic acid groups (broad SMARTS) is 5. The zero-order valence-electron chi connectivity index (χ0n) is 75.7. The standard InChI is InChI=1S/C24H44NO8.C23H41NO8.C16H27NO8.C9H16O4.C5H8O4.C4H10O.2HI/c1-23(2,3)32-21(28)14-10-12-19(26)30-17-18(16-25(7,8)9)31-20(27)13-11-15-22(29)33-24(4,5)6;1-22(2,3)31-20(27)13-9-11-18(25)29-16-17(15-24(7)8)30-19(26)12-10-14-21(28)32-23(4,5)6;1-17(2,3)10-12(25-16(23)9-5-7-14(20)21)11-24-15(22)8-4-6-13(18)19;1-9(2,3)13-8(12)6-4-5-7(10)11;6-4(7)2-1-3-5(8)9;1-4(2,3)5;;/h18H,10-17H2,1-9H3;17H,9-16H2,1-8H3;12H,4-11H2,1-3H3,(H-,18,19,20,21);4-6H2,1-3H3,(H,10,11);1-3H2,(H,6,7)(H,8,9);5H,1-3H3;2*1H/q+1;;;;;;;/p-1. The van der Waals surface area contributed by atoms with Gasteiger partial charge in [-0.05, 0) is 190 Å². The molecule has 3 unspecified atom stereocenters. The highest BCUT2D eigenvalue weighted by Crippen LogP contribution is 2.17. The van der Waals surface area contributed by atoms with Crippen LogP contribution in [0.1, 0.15) is 279 Å². The third kappa shape index (κ3) is 115. The number of carbonyl (C=O) groups excluding carboxylic acids is 11. The fourth-order valence-electron chi connectivity index (χ4n) is 8.52. The number of aliphatic carboxylic acids is 5. The SMILES string of the molecule is CC(C)(C)O.CC(C)(C)OC(=O)CCCC(=O)O.CC(C)(C)OC(=O)CCCC(=O)OCC(C[N+](C)(C)C)OC(=O)CCCC(=O)OC(C)(C)C.CN(C)CC(COC(=O)CCCC(=O)OC(C)(C)C)OC(=O)CCCC(=O)OC(C)(C)C.C[N+](C)(C)CC(COC(=O)CCCC(=O)O)OC(=O)CCCC(=O)O.O=C(O)CCCC(=O)O.[I-].[I-]. The van der Waals surface area contributed by atoms with Gasteiger partial charge in [-0.1, -0.05) is 0 Å². The molecule has 0 aliphatic rings. The largest absolute Gasteiger partial charge is 1.00 e. The van der Waals surface area contributed by atoms with Gasteiger partial charge in [-0.2, -0.15) is 0 Å². The maximum Gasteiger partial charge on any atom is 0.306 e. The number of ether oxygens (including phenoxy) is 11. The first-order valence-electron chi connectivity index (χ1n) is 39.1. The van der Waals surface area contributed by atoms with E-state index in [9.17, 15) is 76.7 Å². The fraction of sp³-hybridized carbons (Fsp3) is 0.802. The van der Waals surface area contributed by atoms with Crippen molar-refractivity contribution in [3.8, 4) is 0 Å². The van der Waals surface area contributed by atoms with Crippen LogP contribution in [0.3, 0.4) is 0 Å². The highest BCUT2D eigenvalue weighted by Gasteiger charge is 2.28. The van der Waals surface area contributed by atoms with Crippen LogP contribution in [0.15, 0.2) is 0 Å². The predicted molar refractivity (Wildman–Crippen MR) is 427 cm³/mol. The maximum atomic E-state index is 12.2. The molecule has 0 aromatic carbocycles. The van der Waals surface area contributed by atoms with Crippen molar-refractivity contribution in [2.45, 2.75) is 331 Å². The van der Waals surface area contributed by atoms with E-state index in [0.717, 1.165) is 0 Å². The molecule has 0 fully saturated rings. The summed E-state index contributed by atoms with van der Waals surface area (Å²) in [7, 11) is 15.1. The molecule has 0 saturated heterocycles. The number of rotatable bonds is 47. The molecule has 698 valence electrons. The Balaban J connectivity index is -0.000000223. The average Bonchev–Trinajstić information content (AvgIpc) is 0.894. The highest BCUT2D eigenvalue weighted by atomic mass is 127. The zero-order chi connectivity index (χ0) is 92.5. The third-order valence-electron chi connectivity index (χ3n) is 12.5. The number of nitrogens with zero attached hydrogens (tertiary/aromatic N) is 3. The van der Waals surface area contributed by atoms with E-state index in [0.29, 0.717) is 60.7 Å². The van der Waals surface area contributed by atoms with Gasteiger partial charge >= 0.3 is 95.5 Å². The minimum atomic E-state index is -0.981. The van der Waals surface area contributed by atoms with Crippen LogP contribution >= 0.6 is 0 Å². The number of likely N-dealkylation sites (N-methyl/N-ethyl adjacent to an activating group) is 3. The molecule has 0 aliphatic heterocycles. The Labute approximate surface area is 739 Å². The first-order chi connectivity index (χ1) is 52.9. The van der Waals surface area contributed by atoms with Gasteiger partial charge in [0.05, 0.1) is 47.9 Å². The van der Waals surface area contributed by atoms with Crippen molar-refractivity contribution < 1.29 is 216 Å². The van der Waals surface area contributed by atoms with Crippen molar-refractivity contribution in [2.75, 3.05) is 95.8 Å². The number of hydrogen-bond acceptors (Lipinski definition) is 29. The normalized spacial score (nSPS) is 12.0. The summed E-state index contributed by atoms with van der Waals surface area (Å²) in [6.45, 7) is 32.9. The molecule has 0 rings (SSSR count). The van der Waals surface area contributed by atoms with Crippen LogP contribution in [-0.4, -0.2) is 288 Å². The lowest BCUT2D eigenvalue weighted by Gasteiger charge is -2.28. The third-order valence-corrected chi connectivity index (χ3v) is 12.5. The lowest BCUT2D eigenvalue weighted by Crippen LogP contribution is -3.00. The van der Waals surface area contributed by atoms with Crippen molar-refractivity contribution >= 4 is 95.5 Å². The first kappa shape index (κ1) is 127. The minimum Gasteiger partial charge on any atom is -1.00 e. The summed E-state index contributed by atoms with van der Waals surface area (Å²) in [5.74, 6) is -9.50. The number of aliphatic hydroxyl groups is 1. The Morgan fingerprint density at radius 3 is 0.588 bits per heavy atom. The molecule has 36 nitrogen and oxygen atoms in total. The molecule has 119 heavy (non-hydrogen) atoms. The Morgan fingerprint density at radius 1 is 0.269 bits per heavy atom. The summed E-state index contributed by atoms with van der Waals surface area (Å²) in [5, 5.41) is 50.0. The number of hydrogen-bond donors (Lipinski definition) is 6. The molecule has 38 heteroatoms. The van der Waals surface area contributed by atoms with E-state index in [-0.39, 0.29) is 220 Å². The number of carbonyl (C=O) groups is 16. The van der Waals surface area contributed by atoms with E-state index in [1.54, 1.807) is 125 Å². The molecule has 0 aliphatic carbocycles. The molecule has 0 spiro atoms. The number of carboxylic acids is 5. The van der Waals surface area contributed by atoms with Crippen molar-refractivity contribution in [3.05, 3.63) is 0 Å². The number of esters is 11. The lowest BCUT2D eigenvalue weighted by molar-refractivity contribution is -0.873. The molecule has 0 aromatic rings. The predicted octanol–water partition coefficient (Wildman–Crippen LogP) is 3.55. The van der Waals surface area contributed by atoms with Crippen LogP contribution in [0.5, 0.6) is 0 Å². The van der Waals surface area contributed by atoms with Gasteiger partial charge in [0.2, 0.25) is 0 Å². The lowest BCUT2D eigenvalue weighted by atomic mass is 10.2. The van der Waals surface area contributed by atoms with E-state index in [4.69, 9.17) is 82.7 Å². The van der Waals surface area contributed by atoms with E-state index < -0.39 is 118 Å². The topological polar surface area (TPSA) is 499 Å². The van der Waals surface area contributed by atoms with Gasteiger partial charge in [-0.3, -0.25) is 76.7 Å². The monoisotopic (exact) mass is 1940 g/mol. The van der Waals surface area contributed by atoms with E-state index in [1.807, 2.05) is 61.3 Å². The maximum absolute atomic E-state index is 12.2. The second kappa shape index (κ2) is 66.5. The second-order valence-corrected chi connectivity index (χ2v) is 35.5.